The van der Waals surface area contributed by atoms with Crippen LogP contribution in [0.1, 0.15) is 6.92 Å². The smallest absolute Gasteiger partial charge is 0.223 e. The summed E-state index contributed by atoms with van der Waals surface area (Å²) in [5.41, 5.74) is 3.53. The minimum absolute atomic E-state index is 0.0949. The van der Waals surface area contributed by atoms with Crippen molar-refractivity contribution in [3.63, 3.8) is 0 Å². The van der Waals surface area contributed by atoms with Crippen LogP contribution in [-0.4, -0.2) is 32.8 Å². The van der Waals surface area contributed by atoms with Crippen molar-refractivity contribution in [3.05, 3.63) is 48.8 Å². The molecule has 0 aliphatic heterocycles. The number of nitrogens with one attached hydrogen (secondary N) is 2. The molecule has 4 rings (SSSR count). The summed E-state index contributed by atoms with van der Waals surface area (Å²) in [4.78, 5) is 27.5. The van der Waals surface area contributed by atoms with E-state index in [-0.39, 0.29) is 5.92 Å². The van der Waals surface area contributed by atoms with Gasteiger partial charge in [0.15, 0.2) is 0 Å². The summed E-state index contributed by atoms with van der Waals surface area (Å²) in [7, 11) is 0. The second kappa shape index (κ2) is 6.32. The fourth-order valence-corrected chi connectivity index (χ4v) is 2.84. The molecule has 0 aliphatic carbocycles. The summed E-state index contributed by atoms with van der Waals surface area (Å²) < 4.78 is 0. The molecule has 0 amide bonds. The number of hydrogen-bond acceptors (Lipinski definition) is 5. The summed E-state index contributed by atoms with van der Waals surface area (Å²) in [6, 6.07) is 12.0. The van der Waals surface area contributed by atoms with Crippen LogP contribution in [0.25, 0.3) is 33.2 Å². The molecule has 0 spiro atoms. The summed E-state index contributed by atoms with van der Waals surface area (Å²) in [6.45, 7) is 2.34. The van der Waals surface area contributed by atoms with E-state index < -0.39 is 0 Å². The Morgan fingerprint density at radius 2 is 1.96 bits per heavy atom. The summed E-state index contributed by atoms with van der Waals surface area (Å²) >= 11 is 0. The van der Waals surface area contributed by atoms with Gasteiger partial charge in [0, 0.05) is 41.1 Å². The van der Waals surface area contributed by atoms with Gasteiger partial charge < -0.3 is 15.1 Å². The molecule has 3 aromatic heterocycles. The van der Waals surface area contributed by atoms with E-state index in [1.165, 1.54) is 0 Å². The first-order valence-electron chi connectivity index (χ1n) is 8.14. The molecule has 6 heteroatoms. The highest BCUT2D eigenvalue weighted by atomic mass is 16.1. The van der Waals surface area contributed by atoms with E-state index in [9.17, 15) is 4.79 Å². The zero-order valence-electron chi connectivity index (χ0n) is 13.7. The number of aromatic amines is 1. The molecule has 124 valence electrons. The number of hydrogen-bond donors (Lipinski definition) is 2. The van der Waals surface area contributed by atoms with E-state index in [4.69, 9.17) is 0 Å². The molecular formula is C19H17N5O. The average Bonchev–Trinajstić information content (AvgIpc) is 3.05. The molecule has 2 N–H and O–H groups in total. The number of carbonyl (C=O) groups excluding carboxylic acids is 1. The predicted octanol–water partition coefficient (Wildman–Crippen LogP) is 3.42. The van der Waals surface area contributed by atoms with Crippen LogP contribution in [0.4, 0.5) is 5.95 Å². The molecule has 4 aromatic rings. The van der Waals surface area contributed by atoms with Gasteiger partial charge in [0.2, 0.25) is 5.95 Å². The number of benzene rings is 1. The van der Waals surface area contributed by atoms with Gasteiger partial charge in [0.25, 0.3) is 0 Å². The van der Waals surface area contributed by atoms with Gasteiger partial charge in [-0.15, -0.1) is 0 Å². The molecule has 0 bridgehead atoms. The third-order valence-electron chi connectivity index (χ3n) is 4.14. The van der Waals surface area contributed by atoms with E-state index in [1.54, 1.807) is 12.4 Å². The number of aromatic nitrogens is 4. The Balaban J connectivity index is 1.78. The largest absolute Gasteiger partial charge is 0.354 e. The molecule has 1 unspecified atom stereocenters. The number of carbonyl (C=O) groups is 1. The summed E-state index contributed by atoms with van der Waals surface area (Å²) in [5.74, 6) is 0.392. The van der Waals surface area contributed by atoms with E-state index in [2.05, 4.69) is 31.3 Å². The number of anilines is 1. The second-order valence-corrected chi connectivity index (χ2v) is 6.01. The maximum Gasteiger partial charge on any atom is 0.223 e. The number of fused-ring (bicyclic) bond motifs is 3. The molecular weight excluding hydrogens is 314 g/mol. The van der Waals surface area contributed by atoms with Crippen molar-refractivity contribution in [2.45, 2.75) is 6.92 Å². The summed E-state index contributed by atoms with van der Waals surface area (Å²) in [6.07, 6.45) is 4.39. The lowest BCUT2D eigenvalue weighted by Crippen LogP contribution is -2.14. The topological polar surface area (TPSA) is 83.6 Å². The van der Waals surface area contributed by atoms with Crippen LogP contribution in [0.5, 0.6) is 0 Å². The minimum Gasteiger partial charge on any atom is -0.354 e. The van der Waals surface area contributed by atoms with E-state index >= 15 is 0 Å². The molecule has 1 atom stereocenters. The lowest BCUT2D eigenvalue weighted by molar-refractivity contribution is -0.110. The second-order valence-electron chi connectivity index (χ2n) is 6.01. The molecule has 3 heterocycles. The molecule has 0 aliphatic rings. The Kier molecular flexibility index (Phi) is 3.85. The highest BCUT2D eigenvalue weighted by Gasteiger charge is 2.12. The van der Waals surface area contributed by atoms with Crippen molar-refractivity contribution in [3.8, 4) is 11.4 Å². The van der Waals surface area contributed by atoms with Crippen LogP contribution in [0, 0.1) is 5.92 Å². The maximum atomic E-state index is 10.8. The number of rotatable bonds is 5. The van der Waals surface area contributed by atoms with Crippen molar-refractivity contribution in [1.29, 1.82) is 0 Å². The number of para-hydroxylation sites is 1. The Morgan fingerprint density at radius 3 is 2.84 bits per heavy atom. The zero-order valence-corrected chi connectivity index (χ0v) is 13.7. The highest BCUT2D eigenvalue weighted by molar-refractivity contribution is 6.10. The van der Waals surface area contributed by atoms with E-state index in [0.29, 0.717) is 12.5 Å². The Bertz CT molecular complexity index is 1060. The minimum atomic E-state index is -0.0949. The van der Waals surface area contributed by atoms with Gasteiger partial charge in [-0.2, -0.15) is 0 Å². The van der Waals surface area contributed by atoms with Gasteiger partial charge in [-0.25, -0.2) is 9.97 Å². The molecule has 0 fully saturated rings. The third-order valence-corrected chi connectivity index (χ3v) is 4.14. The lowest BCUT2D eigenvalue weighted by atomic mass is 10.1. The van der Waals surface area contributed by atoms with Crippen molar-refractivity contribution < 1.29 is 4.79 Å². The van der Waals surface area contributed by atoms with Gasteiger partial charge in [0.1, 0.15) is 12.0 Å². The van der Waals surface area contributed by atoms with Crippen molar-refractivity contribution >= 4 is 34.0 Å². The molecule has 25 heavy (non-hydrogen) atoms. The van der Waals surface area contributed by atoms with Crippen LogP contribution in [0.15, 0.2) is 48.8 Å². The van der Waals surface area contributed by atoms with E-state index in [0.717, 1.165) is 39.5 Å². The van der Waals surface area contributed by atoms with Crippen molar-refractivity contribution in [1.82, 2.24) is 19.9 Å². The van der Waals surface area contributed by atoms with Crippen molar-refractivity contribution in [2.75, 3.05) is 11.9 Å². The number of nitrogens with zero attached hydrogens (tertiary/aromatic N) is 3. The van der Waals surface area contributed by atoms with Crippen LogP contribution in [-0.2, 0) is 4.79 Å². The fraction of sp³-hybridized carbons (Fsp3) is 0.158. The zero-order chi connectivity index (χ0) is 17.2. The van der Waals surface area contributed by atoms with Gasteiger partial charge in [-0.3, -0.25) is 4.98 Å². The highest BCUT2D eigenvalue weighted by Crippen LogP contribution is 2.30. The Hall–Kier alpha value is -3.28. The van der Waals surface area contributed by atoms with Crippen LogP contribution < -0.4 is 5.32 Å². The number of H-pyrrole nitrogens is 1. The molecule has 6 nitrogen and oxygen atoms in total. The van der Waals surface area contributed by atoms with Crippen LogP contribution in [0.2, 0.25) is 0 Å². The SMILES string of the molecule is CC(C=O)CNc1nccc(-c2nccc3c2[nH]c2ccccc23)n1. The van der Waals surface area contributed by atoms with Gasteiger partial charge >= 0.3 is 0 Å². The first-order valence-corrected chi connectivity index (χ1v) is 8.14. The number of aldehydes is 1. The quantitative estimate of drug-likeness (QED) is 0.547. The van der Waals surface area contributed by atoms with Crippen LogP contribution in [0.3, 0.4) is 0 Å². The Morgan fingerprint density at radius 1 is 1.12 bits per heavy atom. The van der Waals surface area contributed by atoms with Crippen LogP contribution >= 0.6 is 0 Å². The number of pyridine rings is 1. The van der Waals surface area contributed by atoms with Gasteiger partial charge in [-0.1, -0.05) is 25.1 Å². The first-order chi connectivity index (χ1) is 12.3. The maximum absolute atomic E-state index is 10.8. The predicted molar refractivity (Wildman–Crippen MR) is 98.3 cm³/mol. The molecule has 0 saturated heterocycles. The standard InChI is InChI=1S/C19H17N5O/c1-12(11-25)10-22-19-21-9-7-16(24-19)18-17-14(6-8-20-18)13-4-2-3-5-15(13)23-17/h2-9,11-12,23H,10H2,1H3,(H,21,22,24). The molecule has 1 aromatic carbocycles. The molecule has 0 radical (unpaired) electrons. The third kappa shape index (κ3) is 2.82. The Labute approximate surface area is 144 Å². The van der Waals surface area contributed by atoms with Gasteiger partial charge in [0.05, 0.1) is 11.2 Å². The molecule has 0 saturated carbocycles. The van der Waals surface area contributed by atoms with Gasteiger partial charge in [-0.05, 0) is 18.2 Å². The monoisotopic (exact) mass is 331 g/mol. The summed E-state index contributed by atoms with van der Waals surface area (Å²) in [5, 5.41) is 5.36. The lowest BCUT2D eigenvalue weighted by Gasteiger charge is -2.08. The fourth-order valence-electron chi connectivity index (χ4n) is 2.84. The first kappa shape index (κ1) is 15.3. The van der Waals surface area contributed by atoms with Crippen molar-refractivity contribution in [2.24, 2.45) is 5.92 Å². The average molecular weight is 331 g/mol. The van der Waals surface area contributed by atoms with E-state index in [1.807, 2.05) is 37.3 Å². The normalized spacial score (nSPS) is 12.4.